The van der Waals surface area contributed by atoms with Crippen molar-refractivity contribution < 1.29 is 4.74 Å². The van der Waals surface area contributed by atoms with Gasteiger partial charge in [0.05, 0.1) is 7.11 Å². The maximum absolute atomic E-state index is 5.42. The molecule has 0 aliphatic rings. The number of hydrogen-bond acceptors (Lipinski definition) is 2. The molecule has 0 bridgehead atoms. The molecule has 1 aromatic rings. The van der Waals surface area contributed by atoms with Gasteiger partial charge in [-0.25, -0.2) is 0 Å². The molecule has 2 nitrogen and oxygen atoms in total. The molecule has 0 saturated heterocycles. The van der Waals surface area contributed by atoms with Crippen molar-refractivity contribution in [2.24, 2.45) is 5.41 Å². The van der Waals surface area contributed by atoms with Gasteiger partial charge >= 0.3 is 0 Å². The van der Waals surface area contributed by atoms with E-state index in [0.29, 0.717) is 6.04 Å². The minimum absolute atomic E-state index is 0.289. The quantitative estimate of drug-likeness (QED) is 0.801. The molecule has 108 valence electrons. The molecule has 0 aromatic heterocycles. The van der Waals surface area contributed by atoms with E-state index >= 15 is 0 Å². The Morgan fingerprint density at radius 2 is 1.89 bits per heavy atom. The number of para-hydroxylation sites is 1. The lowest BCUT2D eigenvalue weighted by Crippen LogP contribution is -2.41. The number of rotatable bonds is 7. The van der Waals surface area contributed by atoms with Gasteiger partial charge in [0.15, 0.2) is 0 Å². The lowest BCUT2D eigenvalue weighted by Gasteiger charge is -2.32. The molecule has 0 radical (unpaired) electrons. The first-order valence-corrected chi connectivity index (χ1v) is 7.34. The van der Waals surface area contributed by atoms with E-state index in [2.05, 4.69) is 45.1 Å². The summed E-state index contributed by atoms with van der Waals surface area (Å²) < 4.78 is 5.42. The maximum atomic E-state index is 5.42. The van der Waals surface area contributed by atoms with E-state index in [4.69, 9.17) is 4.74 Å². The highest BCUT2D eigenvalue weighted by Crippen LogP contribution is 2.26. The van der Waals surface area contributed by atoms with E-state index in [-0.39, 0.29) is 5.41 Å². The second kappa shape index (κ2) is 7.54. The first-order valence-electron chi connectivity index (χ1n) is 7.34. The van der Waals surface area contributed by atoms with Gasteiger partial charge in [0.25, 0.3) is 0 Å². The van der Waals surface area contributed by atoms with Gasteiger partial charge in [-0.3, -0.25) is 0 Å². The smallest absolute Gasteiger partial charge is 0.122 e. The van der Waals surface area contributed by atoms with Crippen LogP contribution in [0, 0.1) is 5.41 Å². The molecular formula is C17H29NO. The second-order valence-electron chi connectivity index (χ2n) is 6.22. The molecule has 19 heavy (non-hydrogen) atoms. The number of aryl methyl sites for hydroxylation is 1. The Bertz CT molecular complexity index is 368. The Morgan fingerprint density at radius 1 is 1.21 bits per heavy atom. The Morgan fingerprint density at radius 3 is 2.47 bits per heavy atom. The van der Waals surface area contributed by atoms with Gasteiger partial charge in [-0.2, -0.15) is 0 Å². The van der Waals surface area contributed by atoms with Crippen molar-refractivity contribution in [1.82, 2.24) is 5.32 Å². The molecule has 1 rings (SSSR count). The lowest BCUT2D eigenvalue weighted by atomic mass is 9.83. The fourth-order valence-electron chi connectivity index (χ4n) is 2.37. The minimum atomic E-state index is 0.289. The zero-order valence-electron chi connectivity index (χ0n) is 13.1. The van der Waals surface area contributed by atoms with Crippen molar-refractivity contribution in [3.05, 3.63) is 29.8 Å². The summed E-state index contributed by atoms with van der Waals surface area (Å²) in [5.41, 5.74) is 1.59. The van der Waals surface area contributed by atoms with Crippen LogP contribution in [0.3, 0.4) is 0 Å². The summed E-state index contributed by atoms with van der Waals surface area (Å²) in [7, 11) is 1.75. The average molecular weight is 263 g/mol. The third kappa shape index (κ3) is 5.23. The normalized spacial score (nSPS) is 13.3. The number of benzene rings is 1. The molecule has 1 unspecified atom stereocenters. The molecule has 0 aliphatic heterocycles. The van der Waals surface area contributed by atoms with Crippen LogP contribution < -0.4 is 10.1 Å². The summed E-state index contributed by atoms with van der Waals surface area (Å²) in [5, 5.41) is 3.68. The predicted molar refractivity (Wildman–Crippen MR) is 82.9 cm³/mol. The Kier molecular flexibility index (Phi) is 6.36. The molecule has 0 fully saturated rings. The molecule has 0 heterocycles. The molecule has 2 heteroatoms. The summed E-state index contributed by atoms with van der Waals surface area (Å²) in [6.45, 7) is 10.2. The molecule has 0 aliphatic carbocycles. The molecule has 0 amide bonds. The van der Waals surface area contributed by atoms with Gasteiger partial charge in [0.1, 0.15) is 5.75 Å². The van der Waals surface area contributed by atoms with Crippen LogP contribution in [0.1, 0.15) is 46.1 Å². The SMILES string of the molecule is CCCNC(CCc1ccccc1OC)C(C)(C)C. The van der Waals surface area contributed by atoms with E-state index in [1.807, 2.05) is 12.1 Å². The van der Waals surface area contributed by atoms with E-state index in [1.165, 1.54) is 12.0 Å². The molecule has 1 aromatic carbocycles. The number of nitrogens with one attached hydrogen (secondary N) is 1. The Hall–Kier alpha value is -1.02. The van der Waals surface area contributed by atoms with Crippen LogP contribution in [0.5, 0.6) is 5.75 Å². The van der Waals surface area contributed by atoms with E-state index in [0.717, 1.165) is 25.1 Å². The fourth-order valence-corrected chi connectivity index (χ4v) is 2.37. The van der Waals surface area contributed by atoms with Crippen LogP contribution in [0.25, 0.3) is 0 Å². The summed E-state index contributed by atoms with van der Waals surface area (Å²) >= 11 is 0. The highest BCUT2D eigenvalue weighted by molar-refractivity contribution is 5.33. The van der Waals surface area contributed by atoms with Gasteiger partial charge in [-0.15, -0.1) is 0 Å². The van der Waals surface area contributed by atoms with Crippen molar-refractivity contribution in [1.29, 1.82) is 0 Å². The lowest BCUT2D eigenvalue weighted by molar-refractivity contribution is 0.254. The zero-order valence-corrected chi connectivity index (χ0v) is 13.1. The molecule has 0 saturated carbocycles. The van der Waals surface area contributed by atoms with Crippen molar-refractivity contribution in [3.63, 3.8) is 0 Å². The summed E-state index contributed by atoms with van der Waals surface area (Å²) in [6, 6.07) is 8.86. The minimum Gasteiger partial charge on any atom is -0.496 e. The van der Waals surface area contributed by atoms with Crippen LogP contribution in [0.4, 0.5) is 0 Å². The maximum Gasteiger partial charge on any atom is 0.122 e. The van der Waals surface area contributed by atoms with Crippen LogP contribution in [-0.4, -0.2) is 19.7 Å². The predicted octanol–water partition coefficient (Wildman–Crippen LogP) is 4.04. The molecule has 1 atom stereocenters. The Balaban J connectivity index is 2.65. The van der Waals surface area contributed by atoms with Crippen molar-refractivity contribution in [2.75, 3.05) is 13.7 Å². The zero-order chi connectivity index (χ0) is 14.3. The van der Waals surface area contributed by atoms with Gasteiger partial charge in [-0.1, -0.05) is 45.9 Å². The van der Waals surface area contributed by atoms with Gasteiger partial charge < -0.3 is 10.1 Å². The van der Waals surface area contributed by atoms with Gasteiger partial charge in [-0.05, 0) is 42.9 Å². The van der Waals surface area contributed by atoms with E-state index in [9.17, 15) is 0 Å². The largest absolute Gasteiger partial charge is 0.496 e. The topological polar surface area (TPSA) is 21.3 Å². The second-order valence-corrected chi connectivity index (χ2v) is 6.22. The van der Waals surface area contributed by atoms with E-state index in [1.54, 1.807) is 7.11 Å². The summed E-state index contributed by atoms with van der Waals surface area (Å²) in [4.78, 5) is 0. The van der Waals surface area contributed by atoms with Crippen LogP contribution >= 0.6 is 0 Å². The fraction of sp³-hybridized carbons (Fsp3) is 0.647. The van der Waals surface area contributed by atoms with Crippen molar-refractivity contribution in [2.45, 2.75) is 53.0 Å². The van der Waals surface area contributed by atoms with Crippen LogP contribution in [0.2, 0.25) is 0 Å². The van der Waals surface area contributed by atoms with Crippen LogP contribution in [0.15, 0.2) is 24.3 Å². The third-order valence-electron chi connectivity index (χ3n) is 3.58. The van der Waals surface area contributed by atoms with Gasteiger partial charge in [0.2, 0.25) is 0 Å². The number of methoxy groups -OCH3 is 1. The average Bonchev–Trinajstić information content (AvgIpc) is 2.37. The summed E-state index contributed by atoms with van der Waals surface area (Å²) in [6.07, 6.45) is 3.38. The van der Waals surface area contributed by atoms with E-state index < -0.39 is 0 Å². The van der Waals surface area contributed by atoms with Crippen molar-refractivity contribution in [3.8, 4) is 5.75 Å². The molecule has 0 spiro atoms. The van der Waals surface area contributed by atoms with Crippen molar-refractivity contribution >= 4 is 0 Å². The standard InChI is InChI=1S/C17H29NO/c1-6-13-18-16(17(2,3)4)12-11-14-9-7-8-10-15(14)19-5/h7-10,16,18H,6,11-13H2,1-5H3. The first kappa shape index (κ1) is 16.0. The highest BCUT2D eigenvalue weighted by atomic mass is 16.5. The third-order valence-corrected chi connectivity index (χ3v) is 3.58. The number of ether oxygens (including phenoxy) is 1. The van der Waals surface area contributed by atoms with Gasteiger partial charge in [0, 0.05) is 6.04 Å². The number of hydrogen-bond donors (Lipinski definition) is 1. The molecule has 1 N–H and O–H groups in total. The van der Waals surface area contributed by atoms with Crippen LogP contribution in [-0.2, 0) is 6.42 Å². The first-order chi connectivity index (χ1) is 8.99. The summed E-state index contributed by atoms with van der Waals surface area (Å²) in [5.74, 6) is 1.01. The molecular weight excluding hydrogens is 234 g/mol. The Labute approximate surface area is 118 Å². The highest BCUT2D eigenvalue weighted by Gasteiger charge is 2.23. The monoisotopic (exact) mass is 263 g/mol.